The second-order valence-electron chi connectivity index (χ2n) is 5.78. The average Bonchev–Trinajstić information content (AvgIpc) is 2.40. The van der Waals surface area contributed by atoms with Crippen LogP contribution in [0.1, 0.15) is 38.8 Å². The lowest BCUT2D eigenvalue weighted by Crippen LogP contribution is -2.51. The molecule has 3 nitrogen and oxygen atoms in total. The number of benzene rings is 1. The van der Waals surface area contributed by atoms with Crippen LogP contribution in [-0.4, -0.2) is 36.2 Å². The number of nitrogens with two attached hydrogens (primary N) is 1. The Morgan fingerprint density at radius 1 is 1.25 bits per heavy atom. The Labute approximate surface area is 120 Å². The minimum absolute atomic E-state index is 0.0398. The fourth-order valence-electron chi connectivity index (χ4n) is 3.06. The number of ether oxygens (including phenoxy) is 1. The number of rotatable bonds is 4. The lowest BCUT2D eigenvalue weighted by Gasteiger charge is -2.42. The van der Waals surface area contributed by atoms with Gasteiger partial charge in [0.25, 0.3) is 0 Å². The highest BCUT2D eigenvalue weighted by Gasteiger charge is 2.31. The van der Waals surface area contributed by atoms with Gasteiger partial charge in [-0.1, -0.05) is 19.1 Å². The first-order valence-corrected chi connectivity index (χ1v) is 7.41. The first-order chi connectivity index (χ1) is 9.51. The van der Waals surface area contributed by atoms with Gasteiger partial charge in [0.2, 0.25) is 0 Å². The first-order valence-electron chi connectivity index (χ1n) is 7.41. The van der Waals surface area contributed by atoms with Crippen LogP contribution in [0.3, 0.4) is 0 Å². The van der Waals surface area contributed by atoms with Crippen molar-refractivity contribution in [2.75, 3.05) is 13.1 Å². The average molecular weight is 280 g/mol. The number of nitrogens with zero attached hydrogens (tertiary/aromatic N) is 1. The molecule has 1 aromatic carbocycles. The van der Waals surface area contributed by atoms with Gasteiger partial charge in [0.15, 0.2) is 0 Å². The smallest absolute Gasteiger partial charge is 0.123 e. The normalized spacial score (nSPS) is 27.2. The minimum Gasteiger partial charge on any atom is -0.373 e. The van der Waals surface area contributed by atoms with Gasteiger partial charge >= 0.3 is 0 Å². The summed E-state index contributed by atoms with van der Waals surface area (Å²) in [6, 6.07) is 6.88. The van der Waals surface area contributed by atoms with E-state index in [1.165, 1.54) is 12.1 Å². The van der Waals surface area contributed by atoms with Crippen molar-refractivity contribution in [3.8, 4) is 0 Å². The van der Waals surface area contributed by atoms with Gasteiger partial charge in [0.1, 0.15) is 5.82 Å². The van der Waals surface area contributed by atoms with E-state index in [2.05, 4.69) is 25.7 Å². The molecule has 1 heterocycles. The molecule has 2 N–H and O–H groups in total. The molecule has 0 aromatic heterocycles. The lowest BCUT2D eigenvalue weighted by atomic mass is 9.95. The van der Waals surface area contributed by atoms with Crippen molar-refractivity contribution >= 4 is 0 Å². The van der Waals surface area contributed by atoms with E-state index in [1.807, 2.05) is 12.1 Å². The summed E-state index contributed by atoms with van der Waals surface area (Å²) in [5.41, 5.74) is 7.42. The zero-order valence-corrected chi connectivity index (χ0v) is 12.6. The number of morpholine rings is 1. The molecule has 1 aromatic rings. The SMILES string of the molecule is CCC(N)C(c1ccc(F)cc1)N1C[C@@H](C)O[C@@H](C)C1. The third kappa shape index (κ3) is 3.57. The van der Waals surface area contributed by atoms with Crippen LogP contribution in [-0.2, 0) is 4.74 Å². The summed E-state index contributed by atoms with van der Waals surface area (Å²) in [4.78, 5) is 2.38. The predicted octanol–water partition coefficient (Wildman–Crippen LogP) is 2.71. The molecular formula is C16H25FN2O. The first kappa shape index (κ1) is 15.4. The van der Waals surface area contributed by atoms with Crippen molar-refractivity contribution in [3.05, 3.63) is 35.6 Å². The van der Waals surface area contributed by atoms with E-state index in [9.17, 15) is 4.39 Å². The molecule has 2 rings (SSSR count). The highest BCUT2D eigenvalue weighted by molar-refractivity contribution is 5.22. The Morgan fingerprint density at radius 3 is 2.30 bits per heavy atom. The van der Waals surface area contributed by atoms with E-state index >= 15 is 0 Å². The summed E-state index contributed by atoms with van der Waals surface area (Å²) in [7, 11) is 0. The van der Waals surface area contributed by atoms with Crippen LogP contribution in [0, 0.1) is 5.82 Å². The van der Waals surface area contributed by atoms with E-state index in [-0.39, 0.29) is 30.1 Å². The van der Waals surface area contributed by atoms with Gasteiger partial charge in [-0.25, -0.2) is 4.39 Å². The number of hydrogen-bond donors (Lipinski definition) is 1. The monoisotopic (exact) mass is 280 g/mol. The third-order valence-electron chi connectivity index (χ3n) is 3.93. The minimum atomic E-state index is -0.207. The zero-order chi connectivity index (χ0) is 14.7. The molecule has 1 aliphatic rings. The van der Waals surface area contributed by atoms with Gasteiger partial charge in [0.05, 0.1) is 18.2 Å². The molecule has 0 bridgehead atoms. The Bertz CT molecular complexity index is 413. The van der Waals surface area contributed by atoms with Gasteiger partial charge < -0.3 is 10.5 Å². The highest BCUT2D eigenvalue weighted by Crippen LogP contribution is 2.28. The summed E-state index contributed by atoms with van der Waals surface area (Å²) in [5, 5.41) is 0. The summed E-state index contributed by atoms with van der Waals surface area (Å²) < 4.78 is 18.9. The second kappa shape index (κ2) is 6.66. The molecule has 1 fully saturated rings. The van der Waals surface area contributed by atoms with Crippen LogP contribution in [0.2, 0.25) is 0 Å². The van der Waals surface area contributed by atoms with Gasteiger partial charge in [-0.05, 0) is 38.0 Å². The fraction of sp³-hybridized carbons (Fsp3) is 0.625. The van der Waals surface area contributed by atoms with Gasteiger partial charge in [-0.2, -0.15) is 0 Å². The van der Waals surface area contributed by atoms with Gasteiger partial charge in [0, 0.05) is 19.1 Å². The molecule has 1 aliphatic heterocycles. The largest absolute Gasteiger partial charge is 0.373 e. The summed E-state index contributed by atoms with van der Waals surface area (Å²) >= 11 is 0. The van der Waals surface area contributed by atoms with E-state index in [0.717, 1.165) is 25.1 Å². The summed E-state index contributed by atoms with van der Waals surface area (Å²) in [6.07, 6.45) is 1.29. The molecule has 0 amide bonds. The molecule has 1 saturated heterocycles. The summed E-state index contributed by atoms with van der Waals surface area (Å²) in [5.74, 6) is -0.207. The van der Waals surface area contributed by atoms with Crippen LogP contribution in [0.4, 0.5) is 4.39 Å². The van der Waals surface area contributed by atoms with Crippen LogP contribution >= 0.6 is 0 Å². The van der Waals surface area contributed by atoms with Crippen molar-refractivity contribution in [2.24, 2.45) is 5.73 Å². The highest BCUT2D eigenvalue weighted by atomic mass is 19.1. The molecule has 0 saturated carbocycles. The van der Waals surface area contributed by atoms with Crippen LogP contribution < -0.4 is 5.73 Å². The van der Waals surface area contributed by atoms with E-state index in [0.29, 0.717) is 0 Å². The van der Waals surface area contributed by atoms with Crippen molar-refractivity contribution in [2.45, 2.75) is 51.5 Å². The maximum atomic E-state index is 13.1. The van der Waals surface area contributed by atoms with Crippen LogP contribution in [0.15, 0.2) is 24.3 Å². The molecule has 2 unspecified atom stereocenters. The molecule has 0 radical (unpaired) electrons. The zero-order valence-electron chi connectivity index (χ0n) is 12.6. The molecule has 0 aliphatic carbocycles. The molecule has 0 spiro atoms. The maximum Gasteiger partial charge on any atom is 0.123 e. The van der Waals surface area contributed by atoms with Crippen molar-refractivity contribution in [3.63, 3.8) is 0 Å². The molecular weight excluding hydrogens is 255 g/mol. The lowest BCUT2D eigenvalue weighted by molar-refractivity contribution is -0.0838. The second-order valence-corrected chi connectivity index (χ2v) is 5.78. The fourth-order valence-corrected chi connectivity index (χ4v) is 3.06. The Morgan fingerprint density at radius 2 is 1.80 bits per heavy atom. The third-order valence-corrected chi connectivity index (χ3v) is 3.93. The Hall–Kier alpha value is -0.970. The maximum absolute atomic E-state index is 13.1. The van der Waals surface area contributed by atoms with E-state index in [1.54, 1.807) is 0 Å². The standard InChI is InChI=1S/C16H25FN2O/c1-4-15(18)16(13-5-7-14(17)8-6-13)19-9-11(2)20-12(3)10-19/h5-8,11-12,15-16H,4,9-10,18H2,1-3H3/t11-,12+,15?,16?. The van der Waals surface area contributed by atoms with Crippen LogP contribution in [0.5, 0.6) is 0 Å². The summed E-state index contributed by atoms with van der Waals surface area (Å²) in [6.45, 7) is 7.98. The van der Waals surface area contributed by atoms with Crippen LogP contribution in [0.25, 0.3) is 0 Å². The molecule has 112 valence electrons. The molecule has 20 heavy (non-hydrogen) atoms. The van der Waals surface area contributed by atoms with Crippen molar-refractivity contribution < 1.29 is 9.13 Å². The van der Waals surface area contributed by atoms with E-state index < -0.39 is 0 Å². The quantitative estimate of drug-likeness (QED) is 0.921. The predicted molar refractivity (Wildman–Crippen MR) is 79.0 cm³/mol. The van der Waals surface area contributed by atoms with E-state index in [4.69, 9.17) is 10.5 Å². The van der Waals surface area contributed by atoms with Crippen molar-refractivity contribution in [1.29, 1.82) is 0 Å². The van der Waals surface area contributed by atoms with Gasteiger partial charge in [-0.3, -0.25) is 4.90 Å². The van der Waals surface area contributed by atoms with Gasteiger partial charge in [-0.15, -0.1) is 0 Å². The molecule has 4 atom stereocenters. The molecule has 4 heteroatoms. The Kier molecular flexibility index (Phi) is 5.13. The topological polar surface area (TPSA) is 38.5 Å². The number of hydrogen-bond acceptors (Lipinski definition) is 3. The number of halogens is 1. The van der Waals surface area contributed by atoms with Crippen molar-refractivity contribution in [1.82, 2.24) is 4.90 Å². The Balaban J connectivity index is 2.25.